The topological polar surface area (TPSA) is 81.7 Å². The van der Waals surface area contributed by atoms with Gasteiger partial charge in [-0.3, -0.25) is 14.4 Å². The van der Waals surface area contributed by atoms with Gasteiger partial charge in [0.25, 0.3) is 5.91 Å². The van der Waals surface area contributed by atoms with Crippen molar-refractivity contribution in [3.05, 3.63) is 28.8 Å². The monoisotopic (exact) mass is 417 g/mol. The number of nitrogens with one attached hydrogen (secondary N) is 1. The largest absolute Gasteiger partial charge is 0.462 e. The highest BCUT2D eigenvalue weighted by molar-refractivity contribution is 6.33. The number of halogens is 4. The van der Waals surface area contributed by atoms with Crippen LogP contribution in [0.25, 0.3) is 0 Å². The number of amides is 1. The van der Waals surface area contributed by atoms with E-state index in [1.165, 1.54) is 0 Å². The van der Waals surface area contributed by atoms with Gasteiger partial charge in [-0.05, 0) is 37.0 Å². The second kappa shape index (κ2) is 6.65. The molecule has 3 fully saturated rings. The minimum absolute atomic E-state index is 0.0140. The van der Waals surface area contributed by atoms with Gasteiger partial charge in [0.15, 0.2) is 6.61 Å². The maximum Gasteiger partial charge on any atom is 0.416 e. The van der Waals surface area contributed by atoms with Gasteiger partial charge in [-0.25, -0.2) is 0 Å². The van der Waals surface area contributed by atoms with Crippen LogP contribution >= 0.6 is 11.6 Å². The van der Waals surface area contributed by atoms with Gasteiger partial charge < -0.3 is 14.8 Å². The Balaban J connectivity index is 1.37. The zero-order chi connectivity index (χ0) is 20.2. The van der Waals surface area contributed by atoms with Crippen LogP contribution in [0.2, 0.25) is 5.02 Å². The van der Waals surface area contributed by atoms with E-state index >= 15 is 0 Å². The van der Waals surface area contributed by atoms with E-state index in [9.17, 15) is 27.6 Å². The van der Waals surface area contributed by atoms with Gasteiger partial charge >= 0.3 is 18.1 Å². The van der Waals surface area contributed by atoms with Crippen molar-refractivity contribution in [1.82, 2.24) is 0 Å². The molecule has 10 heteroatoms. The normalized spacial score (nSPS) is 30.3. The number of carbonyl (C=O) groups excluding carboxylic acids is 3. The number of anilines is 1. The summed E-state index contributed by atoms with van der Waals surface area (Å²) in [5, 5.41) is 2.12. The Morgan fingerprint density at radius 3 is 2.75 bits per heavy atom. The van der Waals surface area contributed by atoms with E-state index in [0.717, 1.165) is 12.1 Å². The van der Waals surface area contributed by atoms with Crippen LogP contribution in [-0.4, -0.2) is 30.6 Å². The van der Waals surface area contributed by atoms with Crippen LogP contribution in [0.1, 0.15) is 18.4 Å². The molecule has 1 N–H and O–H groups in total. The molecule has 5 atom stereocenters. The number of hydrogen-bond donors (Lipinski definition) is 1. The lowest BCUT2D eigenvalue weighted by Gasteiger charge is -2.22. The quantitative estimate of drug-likeness (QED) is 0.761. The lowest BCUT2D eigenvalue weighted by molar-refractivity contribution is -0.157. The van der Waals surface area contributed by atoms with Gasteiger partial charge in [-0.15, -0.1) is 0 Å². The minimum Gasteiger partial charge on any atom is -0.462 e. The summed E-state index contributed by atoms with van der Waals surface area (Å²) in [6, 6.07) is 2.51. The minimum atomic E-state index is -4.59. The molecule has 0 unspecified atom stereocenters. The van der Waals surface area contributed by atoms with Crippen molar-refractivity contribution in [2.45, 2.75) is 25.1 Å². The van der Waals surface area contributed by atoms with Crippen molar-refractivity contribution in [2.24, 2.45) is 23.7 Å². The van der Waals surface area contributed by atoms with Crippen molar-refractivity contribution in [2.75, 3.05) is 11.9 Å². The first-order valence-corrected chi connectivity index (χ1v) is 9.06. The number of fused-ring (bicyclic) bond motifs is 1. The van der Waals surface area contributed by atoms with Gasteiger partial charge in [0.2, 0.25) is 0 Å². The third-order valence-electron chi connectivity index (χ3n) is 5.67. The zero-order valence-corrected chi connectivity index (χ0v) is 15.0. The standard InChI is InChI=1S/C18H15ClF3NO5/c19-10-2-1-8(18(20,21)22)5-11(10)23-13(24)6-27-16(25)14-7-3-9-12(4-7)28-17(26)15(9)14/h1-2,5,7,9,12,14-15H,3-4,6H2,(H,23,24)/t7-,9+,12-,14+,15+/m1/s1. The molecule has 1 amide bonds. The molecule has 28 heavy (non-hydrogen) atoms. The van der Waals surface area contributed by atoms with Crippen molar-refractivity contribution >= 4 is 35.1 Å². The summed E-state index contributed by atoms with van der Waals surface area (Å²) in [4.78, 5) is 36.3. The Hall–Kier alpha value is -2.29. The van der Waals surface area contributed by atoms with Gasteiger partial charge in [-0.2, -0.15) is 13.2 Å². The Morgan fingerprint density at radius 1 is 1.29 bits per heavy atom. The van der Waals surface area contributed by atoms with Crippen LogP contribution in [0.3, 0.4) is 0 Å². The van der Waals surface area contributed by atoms with E-state index in [1.807, 2.05) is 0 Å². The van der Waals surface area contributed by atoms with E-state index in [0.29, 0.717) is 18.9 Å². The summed E-state index contributed by atoms with van der Waals surface area (Å²) in [5.74, 6) is -3.06. The molecule has 1 aromatic carbocycles. The molecule has 2 bridgehead atoms. The fourth-order valence-electron chi connectivity index (χ4n) is 4.54. The Morgan fingerprint density at radius 2 is 2.04 bits per heavy atom. The van der Waals surface area contributed by atoms with E-state index in [-0.39, 0.29) is 28.6 Å². The van der Waals surface area contributed by atoms with Crippen LogP contribution in [0.5, 0.6) is 0 Å². The van der Waals surface area contributed by atoms with E-state index in [2.05, 4.69) is 5.32 Å². The molecule has 0 radical (unpaired) electrons. The number of benzene rings is 1. The van der Waals surface area contributed by atoms with Crippen molar-refractivity contribution < 1.29 is 37.0 Å². The molecule has 1 aromatic rings. The molecular formula is C18H15ClF3NO5. The summed E-state index contributed by atoms with van der Waals surface area (Å²) in [5.41, 5.74) is -1.21. The number of carbonyl (C=O) groups is 3. The van der Waals surface area contributed by atoms with Gasteiger partial charge in [0.05, 0.1) is 28.1 Å². The molecule has 150 valence electrons. The summed E-state index contributed by atoms with van der Waals surface area (Å²) in [6.45, 7) is -0.690. The van der Waals surface area contributed by atoms with Gasteiger partial charge in [0, 0.05) is 5.92 Å². The average molecular weight is 418 g/mol. The number of esters is 2. The predicted molar refractivity (Wildman–Crippen MR) is 89.1 cm³/mol. The SMILES string of the molecule is O=C(COC(=O)[C@H]1[C@@H]2C[C@@H]3[C@@H]1C(=O)O[C@@H]3C2)Nc1cc(C(F)(F)F)ccc1Cl. The van der Waals surface area contributed by atoms with Crippen molar-refractivity contribution in [3.8, 4) is 0 Å². The summed E-state index contributed by atoms with van der Waals surface area (Å²) in [7, 11) is 0. The molecule has 0 aromatic heterocycles. The fourth-order valence-corrected chi connectivity index (χ4v) is 4.71. The highest BCUT2D eigenvalue weighted by Gasteiger charge is 2.64. The maximum atomic E-state index is 12.8. The average Bonchev–Trinajstić information content (AvgIpc) is 3.22. The Labute approximate surface area is 162 Å². The molecule has 2 saturated carbocycles. The van der Waals surface area contributed by atoms with Crippen molar-refractivity contribution in [3.63, 3.8) is 0 Å². The highest BCUT2D eigenvalue weighted by atomic mass is 35.5. The van der Waals surface area contributed by atoms with E-state index in [1.54, 1.807) is 0 Å². The number of ether oxygens (including phenoxy) is 2. The first-order valence-electron chi connectivity index (χ1n) is 8.69. The molecule has 6 nitrogen and oxygen atoms in total. The predicted octanol–water partition coefficient (Wildman–Crippen LogP) is 3.04. The molecule has 0 spiro atoms. The lowest BCUT2D eigenvalue weighted by atomic mass is 9.80. The first-order chi connectivity index (χ1) is 13.1. The molecule has 2 aliphatic carbocycles. The molecule has 1 saturated heterocycles. The number of rotatable bonds is 4. The third-order valence-corrected chi connectivity index (χ3v) is 6.00. The molecule has 4 rings (SSSR count). The smallest absolute Gasteiger partial charge is 0.416 e. The summed E-state index contributed by atoms with van der Waals surface area (Å²) >= 11 is 5.82. The van der Waals surface area contributed by atoms with E-state index < -0.39 is 48.0 Å². The third kappa shape index (κ3) is 3.21. The second-order valence-corrected chi connectivity index (χ2v) is 7.68. The lowest BCUT2D eigenvalue weighted by Crippen LogP contribution is -2.35. The number of hydrogen-bond acceptors (Lipinski definition) is 5. The zero-order valence-electron chi connectivity index (χ0n) is 14.3. The van der Waals surface area contributed by atoms with Crippen molar-refractivity contribution in [1.29, 1.82) is 0 Å². The van der Waals surface area contributed by atoms with Crippen LogP contribution in [-0.2, 0) is 30.0 Å². The van der Waals surface area contributed by atoms with Crippen LogP contribution in [0.4, 0.5) is 18.9 Å². The van der Waals surface area contributed by atoms with E-state index in [4.69, 9.17) is 21.1 Å². The maximum absolute atomic E-state index is 12.8. The molecule has 1 heterocycles. The molecule has 1 aliphatic heterocycles. The fraction of sp³-hybridized carbons (Fsp3) is 0.500. The van der Waals surface area contributed by atoms with Gasteiger partial charge in [-0.1, -0.05) is 11.6 Å². The summed E-state index contributed by atoms with van der Waals surface area (Å²) in [6.07, 6.45) is -3.39. The van der Waals surface area contributed by atoms with Gasteiger partial charge in [0.1, 0.15) is 6.10 Å². The first kappa shape index (κ1) is 19.0. The highest BCUT2D eigenvalue weighted by Crippen LogP contribution is 2.57. The second-order valence-electron chi connectivity index (χ2n) is 7.27. The van der Waals surface area contributed by atoms with Crippen LogP contribution in [0, 0.1) is 23.7 Å². The van der Waals surface area contributed by atoms with Crippen LogP contribution < -0.4 is 5.32 Å². The Kier molecular flexibility index (Phi) is 4.52. The summed E-state index contributed by atoms with van der Waals surface area (Å²) < 4.78 is 48.6. The Bertz CT molecular complexity index is 856. The number of alkyl halides is 3. The molecule has 3 aliphatic rings. The molecular weight excluding hydrogens is 403 g/mol. The van der Waals surface area contributed by atoms with Crippen LogP contribution in [0.15, 0.2) is 18.2 Å².